The Morgan fingerprint density at radius 1 is 1.60 bits per heavy atom. The van der Waals surface area contributed by atoms with Gasteiger partial charge in [-0.05, 0) is 18.7 Å². The molecule has 0 spiro atoms. The van der Waals surface area contributed by atoms with Crippen LogP contribution >= 0.6 is 11.6 Å². The maximum atomic E-state index is 8.73. The molecule has 3 heteroatoms. The first kappa shape index (κ1) is 7.09. The van der Waals surface area contributed by atoms with Gasteiger partial charge in [0.15, 0.2) is 0 Å². The van der Waals surface area contributed by atoms with Gasteiger partial charge in [-0.15, -0.1) is 0 Å². The zero-order chi connectivity index (χ0) is 7.56. The lowest BCUT2D eigenvalue weighted by atomic mass is 10.2. The van der Waals surface area contributed by atoms with Crippen molar-refractivity contribution in [2.24, 2.45) is 0 Å². The fourth-order valence-electron chi connectivity index (χ4n) is 0.527. The predicted octanol–water partition coefficient (Wildman–Crippen LogP) is 2.07. The summed E-state index contributed by atoms with van der Waals surface area (Å²) in [5.74, 6) is -0.246. The zero-order valence-corrected chi connectivity index (χ0v) is 5.84. The second-order valence-corrected chi connectivity index (χ2v) is 2.14. The molecule has 1 heterocycles. The van der Waals surface area contributed by atoms with Crippen molar-refractivity contribution in [3.05, 3.63) is 35.6 Å². The zero-order valence-electron chi connectivity index (χ0n) is 5.08. The number of nitrogens with zero attached hydrogens (tertiary/aromatic N) is 1. The first-order valence-electron chi connectivity index (χ1n) is 2.63. The second kappa shape index (κ2) is 2.71. The first-order valence-corrected chi connectivity index (χ1v) is 3.01. The molecule has 1 radical (unpaired) electrons. The van der Waals surface area contributed by atoms with E-state index in [2.05, 4.69) is 4.98 Å². The van der Waals surface area contributed by atoms with E-state index in [0.29, 0.717) is 10.7 Å². The van der Waals surface area contributed by atoms with E-state index in [1.807, 2.05) is 0 Å². The summed E-state index contributed by atoms with van der Waals surface area (Å²) in [6, 6.07) is 3.14. The Hall–Kier alpha value is -1.02. The van der Waals surface area contributed by atoms with Gasteiger partial charge in [-0.2, -0.15) is 0 Å². The molecule has 0 aliphatic rings. The van der Waals surface area contributed by atoms with E-state index < -0.39 is 0 Å². The van der Waals surface area contributed by atoms with Crippen molar-refractivity contribution >= 4 is 17.4 Å². The number of aliphatic hydroxyl groups excluding tert-OH is 1. The normalized spacial score (nSPS) is 9.30. The lowest BCUT2D eigenvalue weighted by Crippen LogP contribution is -1.81. The van der Waals surface area contributed by atoms with E-state index in [9.17, 15) is 0 Å². The Labute approximate surface area is 63.8 Å². The maximum Gasteiger partial charge on any atom is 0.129 e. The molecular weight excluding hydrogens is 150 g/mol. The molecule has 51 valence electrons. The van der Waals surface area contributed by atoms with Gasteiger partial charge in [-0.25, -0.2) is 4.98 Å². The number of aliphatic hydroxyl groups is 1. The van der Waals surface area contributed by atoms with Crippen molar-refractivity contribution in [2.75, 3.05) is 0 Å². The average molecular weight is 155 g/mol. The molecule has 1 rings (SSSR count). The molecule has 0 aliphatic heterocycles. The SMILES string of the molecule is [CH]=C(O)c1ccc(Cl)nc1. The molecule has 1 N–H and O–H groups in total. The summed E-state index contributed by atoms with van der Waals surface area (Å²) < 4.78 is 0. The summed E-state index contributed by atoms with van der Waals surface area (Å²) in [7, 11) is 0. The van der Waals surface area contributed by atoms with Gasteiger partial charge >= 0.3 is 0 Å². The Balaban J connectivity index is 3.00. The summed E-state index contributed by atoms with van der Waals surface area (Å²) in [5.41, 5.74) is 0.476. The number of hydrogen-bond donors (Lipinski definition) is 1. The van der Waals surface area contributed by atoms with Crippen LogP contribution in [0, 0.1) is 6.58 Å². The predicted molar refractivity (Wildman–Crippen MR) is 39.6 cm³/mol. The highest BCUT2D eigenvalue weighted by atomic mass is 35.5. The minimum atomic E-state index is -0.246. The van der Waals surface area contributed by atoms with Crippen LogP contribution in [0.25, 0.3) is 5.76 Å². The van der Waals surface area contributed by atoms with Crippen LogP contribution in [0.4, 0.5) is 0 Å². The van der Waals surface area contributed by atoms with Crippen LogP contribution in [0.1, 0.15) is 5.56 Å². The van der Waals surface area contributed by atoms with Crippen molar-refractivity contribution < 1.29 is 5.11 Å². The van der Waals surface area contributed by atoms with Gasteiger partial charge in [0.2, 0.25) is 0 Å². The average Bonchev–Trinajstić information content (AvgIpc) is 1.88. The van der Waals surface area contributed by atoms with Crippen LogP contribution in [-0.2, 0) is 0 Å². The van der Waals surface area contributed by atoms with Gasteiger partial charge in [-0.1, -0.05) is 11.6 Å². The van der Waals surface area contributed by atoms with Crippen LogP contribution < -0.4 is 0 Å². The molecule has 0 saturated heterocycles. The molecule has 0 unspecified atom stereocenters. The first-order chi connectivity index (χ1) is 4.70. The van der Waals surface area contributed by atoms with Gasteiger partial charge < -0.3 is 5.11 Å². The van der Waals surface area contributed by atoms with E-state index in [1.54, 1.807) is 12.1 Å². The monoisotopic (exact) mass is 154 g/mol. The summed E-state index contributed by atoms with van der Waals surface area (Å²) >= 11 is 5.47. The molecule has 2 nitrogen and oxygen atoms in total. The van der Waals surface area contributed by atoms with Gasteiger partial charge in [-0.3, -0.25) is 0 Å². The molecule has 1 aromatic heterocycles. The highest BCUT2D eigenvalue weighted by Gasteiger charge is 1.94. The molecule has 0 aliphatic carbocycles. The van der Waals surface area contributed by atoms with Crippen LogP contribution in [0.15, 0.2) is 18.3 Å². The molecular formula is C7H5ClNO. The molecule has 0 amide bonds. The second-order valence-electron chi connectivity index (χ2n) is 1.75. The van der Waals surface area contributed by atoms with Crippen LogP contribution in [0.3, 0.4) is 0 Å². The topological polar surface area (TPSA) is 33.1 Å². The van der Waals surface area contributed by atoms with E-state index in [4.69, 9.17) is 23.3 Å². The van der Waals surface area contributed by atoms with Gasteiger partial charge in [0.05, 0.1) is 0 Å². The third kappa shape index (κ3) is 1.48. The number of rotatable bonds is 1. The van der Waals surface area contributed by atoms with Crippen molar-refractivity contribution in [3.63, 3.8) is 0 Å². The van der Waals surface area contributed by atoms with Crippen molar-refractivity contribution in [2.45, 2.75) is 0 Å². The smallest absolute Gasteiger partial charge is 0.129 e. The third-order valence-electron chi connectivity index (χ3n) is 1.02. The Bertz CT molecular complexity index is 242. The van der Waals surface area contributed by atoms with Gasteiger partial charge in [0.1, 0.15) is 10.9 Å². The molecule has 1 aromatic rings. The highest BCUT2D eigenvalue weighted by Crippen LogP contribution is 2.09. The minimum absolute atomic E-state index is 0.246. The van der Waals surface area contributed by atoms with E-state index >= 15 is 0 Å². The van der Waals surface area contributed by atoms with Crippen molar-refractivity contribution in [1.82, 2.24) is 4.98 Å². The van der Waals surface area contributed by atoms with Crippen LogP contribution in [0.5, 0.6) is 0 Å². The van der Waals surface area contributed by atoms with E-state index in [-0.39, 0.29) is 5.76 Å². The molecule has 0 aromatic carbocycles. The number of halogens is 1. The minimum Gasteiger partial charge on any atom is -0.507 e. The fourth-order valence-corrected chi connectivity index (χ4v) is 0.639. The highest BCUT2D eigenvalue weighted by molar-refractivity contribution is 6.29. The maximum absolute atomic E-state index is 8.73. The van der Waals surface area contributed by atoms with E-state index in [1.165, 1.54) is 6.20 Å². The summed E-state index contributed by atoms with van der Waals surface area (Å²) in [5, 5.41) is 9.11. The molecule has 0 atom stereocenters. The van der Waals surface area contributed by atoms with E-state index in [0.717, 1.165) is 0 Å². The standard InChI is InChI=1S/C7H5ClNO/c1-5(10)6-2-3-7(8)9-4-6/h1-4,10H. The fraction of sp³-hybridized carbons (Fsp3) is 0. The quantitative estimate of drug-likeness (QED) is 0.496. The lowest BCUT2D eigenvalue weighted by molar-refractivity contribution is 0.512. The molecule has 0 saturated carbocycles. The van der Waals surface area contributed by atoms with Gasteiger partial charge in [0.25, 0.3) is 0 Å². The third-order valence-corrected chi connectivity index (χ3v) is 1.25. The summed E-state index contributed by atoms with van der Waals surface area (Å²) in [6.07, 6.45) is 1.40. The Morgan fingerprint density at radius 3 is 2.70 bits per heavy atom. The van der Waals surface area contributed by atoms with Crippen LogP contribution in [0.2, 0.25) is 5.15 Å². The largest absolute Gasteiger partial charge is 0.507 e. The number of pyridine rings is 1. The Morgan fingerprint density at radius 2 is 2.30 bits per heavy atom. The summed E-state index contributed by atoms with van der Waals surface area (Å²) in [4.78, 5) is 3.70. The lowest BCUT2D eigenvalue weighted by Gasteiger charge is -1.94. The number of hydrogen-bond acceptors (Lipinski definition) is 2. The van der Waals surface area contributed by atoms with Gasteiger partial charge in [0, 0.05) is 11.8 Å². The molecule has 10 heavy (non-hydrogen) atoms. The Kier molecular flexibility index (Phi) is 1.92. The van der Waals surface area contributed by atoms with Crippen molar-refractivity contribution in [1.29, 1.82) is 0 Å². The van der Waals surface area contributed by atoms with Crippen LogP contribution in [-0.4, -0.2) is 10.1 Å². The molecule has 0 fully saturated rings. The summed E-state index contributed by atoms with van der Waals surface area (Å²) in [6.45, 7) is 5.05. The van der Waals surface area contributed by atoms with Crippen molar-refractivity contribution in [3.8, 4) is 0 Å². The molecule has 0 bridgehead atoms. The number of aromatic nitrogens is 1.